The molecule has 7 nitrogen and oxygen atoms in total. The highest BCUT2D eigenvalue weighted by Gasteiger charge is 2.20. The lowest BCUT2D eigenvalue weighted by Gasteiger charge is -2.14. The average molecular weight is 498 g/mol. The number of rotatable bonds is 6. The summed E-state index contributed by atoms with van der Waals surface area (Å²) < 4.78 is 3.47. The number of para-hydroxylation sites is 2. The average Bonchev–Trinajstić information content (AvgIpc) is 3.29. The molecule has 0 radical (unpaired) electrons. The lowest BCUT2D eigenvalue weighted by atomic mass is 10.1. The second-order valence-corrected chi connectivity index (χ2v) is 9.81. The normalized spacial score (nSPS) is 11.3. The Bertz CT molecular complexity index is 1690. The van der Waals surface area contributed by atoms with E-state index in [0.29, 0.717) is 21.8 Å². The summed E-state index contributed by atoms with van der Waals surface area (Å²) in [5, 5.41) is 13.0. The molecule has 2 heterocycles. The van der Waals surface area contributed by atoms with Gasteiger partial charge in [-0.25, -0.2) is 4.57 Å². The maximum Gasteiger partial charge on any atom is 0.267 e. The van der Waals surface area contributed by atoms with E-state index in [1.807, 2.05) is 85.8 Å². The van der Waals surface area contributed by atoms with Crippen LogP contribution in [-0.4, -0.2) is 30.8 Å². The highest BCUT2D eigenvalue weighted by atomic mass is 32.2. The van der Waals surface area contributed by atoms with Gasteiger partial charge in [-0.3, -0.25) is 14.0 Å². The Balaban J connectivity index is 1.56. The monoisotopic (exact) mass is 497 g/mol. The molecule has 0 aliphatic rings. The van der Waals surface area contributed by atoms with Gasteiger partial charge in [-0.1, -0.05) is 66.7 Å². The second-order valence-electron chi connectivity index (χ2n) is 8.87. The van der Waals surface area contributed by atoms with E-state index < -0.39 is 0 Å². The maximum absolute atomic E-state index is 13.6. The molecule has 0 saturated carbocycles. The minimum absolute atomic E-state index is 0.118. The fourth-order valence-electron chi connectivity index (χ4n) is 4.55. The molecule has 3 aromatic carbocycles. The lowest BCUT2D eigenvalue weighted by Crippen LogP contribution is -2.22. The topological polar surface area (TPSA) is 81.3 Å². The van der Waals surface area contributed by atoms with Crippen LogP contribution in [-0.2, 0) is 11.2 Å². The van der Waals surface area contributed by atoms with Crippen molar-refractivity contribution in [3.8, 4) is 5.69 Å². The van der Waals surface area contributed by atoms with E-state index in [4.69, 9.17) is 0 Å². The van der Waals surface area contributed by atoms with Crippen LogP contribution in [0.4, 0.5) is 5.69 Å². The molecule has 5 rings (SSSR count). The van der Waals surface area contributed by atoms with Gasteiger partial charge in [0, 0.05) is 5.69 Å². The van der Waals surface area contributed by atoms with Crippen LogP contribution in [0.3, 0.4) is 0 Å². The van der Waals surface area contributed by atoms with E-state index in [-0.39, 0.29) is 17.2 Å². The SMILES string of the molecule is CCc1cccc(C)c1NC(=O)CSc1nnc2n(-c3ccc(C)cc3C)c(=O)c3ccccc3n12. The van der Waals surface area contributed by atoms with Gasteiger partial charge in [0.05, 0.1) is 22.3 Å². The van der Waals surface area contributed by atoms with Crippen LogP contribution in [0, 0.1) is 20.8 Å². The zero-order chi connectivity index (χ0) is 25.4. The Labute approximate surface area is 213 Å². The molecule has 1 N–H and O–H groups in total. The van der Waals surface area contributed by atoms with Gasteiger partial charge >= 0.3 is 0 Å². The molecule has 2 aromatic heterocycles. The van der Waals surface area contributed by atoms with E-state index in [1.165, 1.54) is 11.8 Å². The van der Waals surface area contributed by atoms with Gasteiger partial charge in [0.15, 0.2) is 5.16 Å². The van der Waals surface area contributed by atoms with Crippen molar-refractivity contribution >= 4 is 40.0 Å². The van der Waals surface area contributed by atoms with Crippen molar-refractivity contribution < 1.29 is 4.79 Å². The number of hydrogen-bond acceptors (Lipinski definition) is 5. The van der Waals surface area contributed by atoms with Crippen LogP contribution in [0.2, 0.25) is 0 Å². The number of carbonyl (C=O) groups is 1. The minimum Gasteiger partial charge on any atom is -0.325 e. The summed E-state index contributed by atoms with van der Waals surface area (Å²) in [6.07, 6.45) is 0.835. The molecule has 0 aliphatic carbocycles. The third-order valence-corrected chi connectivity index (χ3v) is 7.25. The molecule has 0 atom stereocenters. The van der Waals surface area contributed by atoms with Crippen LogP contribution in [0.25, 0.3) is 22.4 Å². The van der Waals surface area contributed by atoms with Gasteiger partial charge in [-0.05, 0) is 62.1 Å². The summed E-state index contributed by atoms with van der Waals surface area (Å²) in [5.41, 5.74) is 6.40. The molecule has 0 fully saturated rings. The van der Waals surface area contributed by atoms with Crippen molar-refractivity contribution in [2.45, 2.75) is 39.3 Å². The van der Waals surface area contributed by atoms with E-state index in [0.717, 1.165) is 40.0 Å². The first-order valence-electron chi connectivity index (χ1n) is 11.9. The van der Waals surface area contributed by atoms with Crippen molar-refractivity contribution in [2.24, 2.45) is 0 Å². The number of aryl methyl sites for hydroxylation is 4. The number of thioether (sulfide) groups is 1. The Kier molecular flexibility index (Phi) is 6.36. The van der Waals surface area contributed by atoms with Gasteiger partial charge in [0.1, 0.15) is 0 Å². The first-order valence-corrected chi connectivity index (χ1v) is 12.8. The Morgan fingerprint density at radius 2 is 1.78 bits per heavy atom. The van der Waals surface area contributed by atoms with Crippen LogP contribution < -0.4 is 10.9 Å². The first-order chi connectivity index (χ1) is 17.4. The summed E-state index contributed by atoms with van der Waals surface area (Å²) in [7, 11) is 0. The fraction of sp³-hybridized carbons (Fsp3) is 0.214. The minimum atomic E-state index is -0.154. The van der Waals surface area contributed by atoms with E-state index in [9.17, 15) is 9.59 Å². The first kappa shape index (κ1) is 23.8. The molecule has 0 unspecified atom stereocenters. The van der Waals surface area contributed by atoms with Crippen molar-refractivity contribution in [3.63, 3.8) is 0 Å². The highest BCUT2D eigenvalue weighted by Crippen LogP contribution is 2.26. The number of nitrogens with zero attached hydrogens (tertiary/aromatic N) is 4. The summed E-state index contributed by atoms with van der Waals surface area (Å²) in [6, 6.07) is 19.4. The molecule has 8 heteroatoms. The smallest absolute Gasteiger partial charge is 0.267 e. The van der Waals surface area contributed by atoms with Gasteiger partial charge in [-0.15, -0.1) is 10.2 Å². The Hall–Kier alpha value is -3.91. The number of carbonyl (C=O) groups excluding carboxylic acids is 1. The highest BCUT2D eigenvalue weighted by molar-refractivity contribution is 7.99. The summed E-state index contributed by atoms with van der Waals surface area (Å²) in [6.45, 7) is 8.06. The molecule has 5 aromatic rings. The molecule has 0 bridgehead atoms. The Morgan fingerprint density at radius 1 is 0.972 bits per heavy atom. The van der Waals surface area contributed by atoms with Crippen molar-refractivity contribution in [3.05, 3.63) is 93.3 Å². The molecular formula is C28H27N5O2S. The molecule has 182 valence electrons. The Morgan fingerprint density at radius 3 is 2.56 bits per heavy atom. The van der Waals surface area contributed by atoms with Gasteiger partial charge in [0.2, 0.25) is 11.7 Å². The third-order valence-electron chi connectivity index (χ3n) is 6.32. The second kappa shape index (κ2) is 9.62. The van der Waals surface area contributed by atoms with Crippen molar-refractivity contribution in [1.29, 1.82) is 0 Å². The van der Waals surface area contributed by atoms with Crippen LogP contribution in [0.15, 0.2) is 70.6 Å². The lowest BCUT2D eigenvalue weighted by molar-refractivity contribution is -0.113. The number of hydrogen-bond donors (Lipinski definition) is 1. The summed E-state index contributed by atoms with van der Waals surface area (Å²) in [4.78, 5) is 26.5. The number of benzene rings is 3. The zero-order valence-electron chi connectivity index (χ0n) is 20.7. The predicted octanol–water partition coefficient (Wildman–Crippen LogP) is 5.25. The summed E-state index contributed by atoms with van der Waals surface area (Å²) in [5.74, 6) is 0.462. The van der Waals surface area contributed by atoms with Gasteiger partial charge in [0.25, 0.3) is 5.56 Å². The number of fused-ring (bicyclic) bond motifs is 3. The molecule has 0 aliphatic heterocycles. The quantitative estimate of drug-likeness (QED) is 0.324. The van der Waals surface area contributed by atoms with E-state index in [1.54, 1.807) is 4.57 Å². The zero-order valence-corrected chi connectivity index (χ0v) is 21.5. The fourth-order valence-corrected chi connectivity index (χ4v) is 5.29. The van der Waals surface area contributed by atoms with Crippen LogP contribution >= 0.6 is 11.8 Å². The molecule has 36 heavy (non-hydrogen) atoms. The number of aromatic nitrogens is 4. The van der Waals surface area contributed by atoms with Crippen molar-refractivity contribution in [2.75, 3.05) is 11.1 Å². The summed E-state index contributed by atoms with van der Waals surface area (Å²) >= 11 is 1.30. The van der Waals surface area contributed by atoms with Crippen LogP contribution in [0.5, 0.6) is 0 Å². The maximum atomic E-state index is 13.6. The standard InChI is InChI=1S/C28H27N5O2S/c1-5-20-10-8-9-18(3)25(20)29-24(34)16-36-28-31-30-27-32(22-14-13-17(2)15-19(22)4)26(35)21-11-6-7-12-23(21)33(27)28/h6-15H,5,16H2,1-4H3,(H,29,34). The molecule has 1 amide bonds. The van der Waals surface area contributed by atoms with Gasteiger partial charge < -0.3 is 5.32 Å². The number of amides is 1. The van der Waals surface area contributed by atoms with Gasteiger partial charge in [-0.2, -0.15) is 0 Å². The number of nitrogens with one attached hydrogen (secondary N) is 1. The van der Waals surface area contributed by atoms with E-state index >= 15 is 0 Å². The molecular weight excluding hydrogens is 470 g/mol. The third kappa shape index (κ3) is 4.18. The molecule has 0 spiro atoms. The molecule has 0 saturated heterocycles. The van der Waals surface area contributed by atoms with E-state index in [2.05, 4.69) is 22.4 Å². The van der Waals surface area contributed by atoms with Crippen LogP contribution in [0.1, 0.15) is 29.2 Å². The predicted molar refractivity (Wildman–Crippen MR) is 145 cm³/mol. The van der Waals surface area contributed by atoms with Crippen molar-refractivity contribution in [1.82, 2.24) is 19.2 Å². The number of anilines is 1. The largest absolute Gasteiger partial charge is 0.325 e.